The van der Waals surface area contributed by atoms with Gasteiger partial charge < -0.3 is 9.52 Å². The largest absolute Gasteiger partial charge is 0.508 e. The average Bonchev–Trinajstić information content (AvgIpc) is 2.60. The molecule has 5 nitrogen and oxygen atoms in total. The molecule has 0 spiro atoms. The normalized spacial score (nSPS) is 11.7. The minimum atomic E-state index is -0.504. The lowest BCUT2D eigenvalue weighted by atomic mass is 10.1. The zero-order chi connectivity index (χ0) is 12.6. The second kappa shape index (κ2) is 3.76. The van der Waals surface area contributed by atoms with Gasteiger partial charge in [-0.05, 0) is 39.0 Å². The summed E-state index contributed by atoms with van der Waals surface area (Å²) >= 11 is 0. The lowest BCUT2D eigenvalue weighted by Crippen LogP contribution is -2.32. The number of nitrogens with zero attached hydrogens (tertiary/aromatic N) is 2. The van der Waals surface area contributed by atoms with E-state index in [9.17, 15) is 9.90 Å². The predicted octanol–water partition coefficient (Wildman–Crippen LogP) is 1.96. The number of hydrogen-bond acceptors (Lipinski definition) is 4. The van der Waals surface area contributed by atoms with Crippen LogP contribution in [0.5, 0.6) is 5.75 Å². The third-order valence-corrected chi connectivity index (χ3v) is 2.28. The highest BCUT2D eigenvalue weighted by Crippen LogP contribution is 2.21. The summed E-state index contributed by atoms with van der Waals surface area (Å²) in [5.74, 6) is -0.188. The van der Waals surface area contributed by atoms with Crippen LogP contribution in [0, 0.1) is 0 Å². The molecule has 2 aromatic rings. The van der Waals surface area contributed by atoms with Gasteiger partial charge in [-0.3, -0.25) is 0 Å². The zero-order valence-corrected chi connectivity index (χ0v) is 9.97. The van der Waals surface area contributed by atoms with E-state index < -0.39 is 11.3 Å². The van der Waals surface area contributed by atoms with Gasteiger partial charge in [0.05, 0.1) is 5.54 Å². The topological polar surface area (TPSA) is 68.3 Å². The summed E-state index contributed by atoms with van der Waals surface area (Å²) < 4.78 is 6.35. The van der Waals surface area contributed by atoms with Gasteiger partial charge >= 0.3 is 5.76 Å². The van der Waals surface area contributed by atoms with Crippen molar-refractivity contribution in [1.29, 1.82) is 0 Å². The Morgan fingerprint density at radius 1 is 1.35 bits per heavy atom. The van der Waals surface area contributed by atoms with Gasteiger partial charge in [0, 0.05) is 5.56 Å². The summed E-state index contributed by atoms with van der Waals surface area (Å²) in [5, 5.41) is 13.5. The molecule has 0 radical (unpaired) electrons. The van der Waals surface area contributed by atoms with E-state index in [1.807, 2.05) is 20.8 Å². The van der Waals surface area contributed by atoms with Crippen LogP contribution in [0.25, 0.3) is 11.5 Å². The molecule has 0 amide bonds. The van der Waals surface area contributed by atoms with Crippen molar-refractivity contribution in [3.05, 3.63) is 34.8 Å². The smallest absolute Gasteiger partial charge is 0.437 e. The van der Waals surface area contributed by atoms with Crippen LogP contribution in [0.1, 0.15) is 20.8 Å². The number of phenolic OH excluding ortho intramolecular Hbond substituents is 1. The van der Waals surface area contributed by atoms with Crippen LogP contribution in [0.3, 0.4) is 0 Å². The van der Waals surface area contributed by atoms with Crippen molar-refractivity contribution >= 4 is 0 Å². The number of aromatic hydroxyl groups is 1. The quantitative estimate of drug-likeness (QED) is 0.819. The van der Waals surface area contributed by atoms with Crippen molar-refractivity contribution in [2.45, 2.75) is 26.3 Å². The maximum Gasteiger partial charge on any atom is 0.437 e. The minimum Gasteiger partial charge on any atom is -0.508 e. The van der Waals surface area contributed by atoms with Crippen LogP contribution in [-0.4, -0.2) is 14.9 Å². The molecule has 17 heavy (non-hydrogen) atoms. The van der Waals surface area contributed by atoms with Crippen molar-refractivity contribution in [3.63, 3.8) is 0 Å². The van der Waals surface area contributed by atoms with Gasteiger partial charge in [0.1, 0.15) is 5.75 Å². The summed E-state index contributed by atoms with van der Waals surface area (Å²) in [6.45, 7) is 5.59. The average molecular weight is 234 g/mol. The van der Waals surface area contributed by atoms with E-state index in [0.29, 0.717) is 5.56 Å². The predicted molar refractivity (Wildman–Crippen MR) is 62.9 cm³/mol. The second-order valence-corrected chi connectivity index (χ2v) is 4.81. The number of phenols is 1. The highest BCUT2D eigenvalue weighted by molar-refractivity contribution is 5.54. The van der Waals surface area contributed by atoms with Gasteiger partial charge in [0.2, 0.25) is 5.89 Å². The Morgan fingerprint density at radius 2 is 2.06 bits per heavy atom. The molecule has 0 aliphatic carbocycles. The molecule has 0 saturated carbocycles. The fourth-order valence-corrected chi connectivity index (χ4v) is 1.46. The number of aromatic nitrogens is 2. The molecule has 0 unspecified atom stereocenters. The molecular weight excluding hydrogens is 220 g/mol. The van der Waals surface area contributed by atoms with Gasteiger partial charge in [-0.2, -0.15) is 4.68 Å². The van der Waals surface area contributed by atoms with Crippen LogP contribution >= 0.6 is 0 Å². The fourth-order valence-electron chi connectivity index (χ4n) is 1.46. The lowest BCUT2D eigenvalue weighted by molar-refractivity contribution is 0.325. The Bertz CT molecular complexity index is 590. The molecule has 5 heteroatoms. The Labute approximate surface area is 98.3 Å². The Morgan fingerprint density at radius 3 is 2.59 bits per heavy atom. The first-order valence-electron chi connectivity index (χ1n) is 5.28. The minimum absolute atomic E-state index is 0.107. The second-order valence-electron chi connectivity index (χ2n) is 4.81. The monoisotopic (exact) mass is 234 g/mol. The van der Waals surface area contributed by atoms with Gasteiger partial charge in [-0.1, -0.05) is 6.07 Å². The SMILES string of the molecule is CC(C)(C)n1nc(-c2cccc(O)c2)oc1=O. The number of hydrogen-bond donors (Lipinski definition) is 1. The van der Waals surface area contributed by atoms with Gasteiger partial charge in [-0.15, -0.1) is 5.10 Å². The maximum atomic E-state index is 11.6. The van der Waals surface area contributed by atoms with Crippen molar-refractivity contribution in [2.75, 3.05) is 0 Å². The highest BCUT2D eigenvalue weighted by atomic mass is 16.4. The lowest BCUT2D eigenvalue weighted by Gasteiger charge is -2.15. The Hall–Kier alpha value is -2.04. The van der Waals surface area contributed by atoms with E-state index in [1.165, 1.54) is 10.7 Å². The summed E-state index contributed by atoms with van der Waals surface area (Å²) in [5.41, 5.74) is 0.139. The molecule has 90 valence electrons. The van der Waals surface area contributed by atoms with Crippen molar-refractivity contribution in [2.24, 2.45) is 0 Å². The van der Waals surface area contributed by atoms with Crippen LogP contribution in [-0.2, 0) is 5.54 Å². The molecule has 1 heterocycles. The molecule has 2 rings (SSSR count). The third-order valence-electron chi connectivity index (χ3n) is 2.28. The summed E-state index contributed by atoms with van der Waals surface area (Å²) in [6, 6.07) is 6.43. The first kappa shape index (κ1) is 11.4. The van der Waals surface area contributed by atoms with Gasteiger partial charge in [0.25, 0.3) is 0 Å². The molecule has 0 atom stereocenters. The van der Waals surface area contributed by atoms with Gasteiger partial charge in [-0.25, -0.2) is 4.79 Å². The highest BCUT2D eigenvalue weighted by Gasteiger charge is 2.20. The van der Waals surface area contributed by atoms with Gasteiger partial charge in [0.15, 0.2) is 0 Å². The van der Waals surface area contributed by atoms with E-state index in [0.717, 1.165) is 0 Å². The molecule has 1 aromatic carbocycles. The maximum absolute atomic E-state index is 11.6. The van der Waals surface area contributed by atoms with E-state index in [-0.39, 0.29) is 11.6 Å². The molecule has 0 bridgehead atoms. The van der Waals surface area contributed by atoms with E-state index >= 15 is 0 Å². The van der Waals surface area contributed by atoms with Crippen LogP contribution in [0.2, 0.25) is 0 Å². The van der Waals surface area contributed by atoms with Crippen molar-refractivity contribution in [1.82, 2.24) is 9.78 Å². The van der Waals surface area contributed by atoms with Crippen molar-refractivity contribution in [3.8, 4) is 17.2 Å². The summed E-state index contributed by atoms with van der Waals surface area (Å²) in [7, 11) is 0. The molecule has 1 aromatic heterocycles. The van der Waals surface area contributed by atoms with Crippen LogP contribution in [0.4, 0.5) is 0 Å². The van der Waals surface area contributed by atoms with E-state index in [4.69, 9.17) is 4.42 Å². The first-order chi connectivity index (χ1) is 7.88. The Kier molecular flexibility index (Phi) is 2.53. The molecule has 0 aliphatic rings. The van der Waals surface area contributed by atoms with Crippen molar-refractivity contribution < 1.29 is 9.52 Å². The molecule has 1 N–H and O–H groups in total. The number of rotatable bonds is 1. The van der Waals surface area contributed by atoms with Crippen LogP contribution < -0.4 is 5.76 Å². The third kappa shape index (κ3) is 2.22. The molecule has 0 saturated heterocycles. The summed E-state index contributed by atoms with van der Waals surface area (Å²) in [4.78, 5) is 11.6. The standard InChI is InChI=1S/C12H14N2O3/c1-12(2,3)14-11(16)17-10(13-14)8-5-4-6-9(15)7-8/h4-7,15H,1-3H3. The molecule has 0 fully saturated rings. The van der Waals surface area contributed by atoms with E-state index in [1.54, 1.807) is 18.2 Å². The zero-order valence-electron chi connectivity index (χ0n) is 9.97. The van der Waals surface area contributed by atoms with Crippen LogP contribution in [0.15, 0.2) is 33.5 Å². The summed E-state index contributed by atoms with van der Waals surface area (Å²) in [6.07, 6.45) is 0. The molecule has 0 aliphatic heterocycles. The fraction of sp³-hybridized carbons (Fsp3) is 0.333. The van der Waals surface area contributed by atoms with E-state index in [2.05, 4.69) is 5.10 Å². The first-order valence-corrected chi connectivity index (χ1v) is 5.28. The molecular formula is C12H14N2O3. The Balaban J connectivity index is 2.53. The number of benzene rings is 1.